The minimum atomic E-state index is 0.460. The molecule has 0 fully saturated rings. The molecule has 4 heteroatoms. The Morgan fingerprint density at radius 2 is 2.31 bits per heavy atom. The Hall–Kier alpha value is -0.450. The van der Waals surface area contributed by atoms with Gasteiger partial charge in [-0.15, -0.1) is 0 Å². The van der Waals surface area contributed by atoms with E-state index >= 15 is 0 Å². The lowest BCUT2D eigenvalue weighted by molar-refractivity contribution is 0.233. The molecule has 1 rings (SSSR count). The van der Waals surface area contributed by atoms with Crippen LogP contribution in [-0.4, -0.2) is 36.5 Å². The van der Waals surface area contributed by atoms with Crippen molar-refractivity contribution in [1.29, 1.82) is 0 Å². The number of likely N-dealkylation sites (N-methyl/N-ethyl adjacent to an activating group) is 1. The molecule has 0 spiro atoms. The molecule has 1 aromatic heterocycles. The van der Waals surface area contributed by atoms with Crippen molar-refractivity contribution < 1.29 is 4.42 Å². The topological polar surface area (TPSA) is 42.4 Å². The van der Waals surface area contributed by atoms with Gasteiger partial charge in [-0.2, -0.15) is 11.8 Å². The zero-order chi connectivity index (χ0) is 12.0. The number of rotatable bonds is 7. The Bertz CT molecular complexity index is 301. The lowest BCUT2D eigenvalue weighted by Gasteiger charge is -2.26. The summed E-state index contributed by atoms with van der Waals surface area (Å²) in [5.74, 6) is 2.17. The van der Waals surface area contributed by atoms with Gasteiger partial charge in [0.25, 0.3) is 0 Å². The van der Waals surface area contributed by atoms with Gasteiger partial charge < -0.3 is 10.2 Å². The second-order valence-corrected chi connectivity index (χ2v) is 5.07. The van der Waals surface area contributed by atoms with Gasteiger partial charge in [0, 0.05) is 24.7 Å². The molecule has 16 heavy (non-hydrogen) atoms. The molecule has 1 aromatic rings. The highest BCUT2D eigenvalue weighted by molar-refractivity contribution is 7.98. The molecule has 1 unspecified atom stereocenters. The smallest absolute Gasteiger partial charge is 0.105 e. The van der Waals surface area contributed by atoms with Crippen LogP contribution in [0.3, 0.4) is 0 Å². The largest absolute Gasteiger partial charge is 0.469 e. The van der Waals surface area contributed by atoms with Crippen molar-refractivity contribution in [3.05, 3.63) is 23.7 Å². The van der Waals surface area contributed by atoms with Crippen molar-refractivity contribution in [2.45, 2.75) is 25.9 Å². The predicted octanol–water partition coefficient (Wildman–Crippen LogP) is 2.10. The molecular weight excluding hydrogens is 220 g/mol. The van der Waals surface area contributed by atoms with Gasteiger partial charge in [-0.25, -0.2) is 0 Å². The Morgan fingerprint density at radius 1 is 1.56 bits per heavy atom. The van der Waals surface area contributed by atoms with Gasteiger partial charge in [-0.05, 0) is 38.5 Å². The van der Waals surface area contributed by atoms with Crippen LogP contribution in [0.25, 0.3) is 0 Å². The van der Waals surface area contributed by atoms with Crippen molar-refractivity contribution in [2.75, 3.05) is 25.6 Å². The first-order valence-electron chi connectivity index (χ1n) is 5.61. The van der Waals surface area contributed by atoms with E-state index in [1.54, 1.807) is 6.26 Å². The van der Waals surface area contributed by atoms with E-state index in [0.29, 0.717) is 12.6 Å². The van der Waals surface area contributed by atoms with Crippen LogP contribution >= 0.6 is 11.8 Å². The van der Waals surface area contributed by atoms with E-state index < -0.39 is 0 Å². The maximum absolute atomic E-state index is 5.81. The Morgan fingerprint density at radius 3 is 2.81 bits per heavy atom. The molecule has 0 amide bonds. The number of hydrogen-bond donors (Lipinski definition) is 1. The second kappa shape index (κ2) is 6.99. The fourth-order valence-corrected chi connectivity index (χ4v) is 2.25. The third-order valence-corrected chi connectivity index (χ3v) is 3.58. The standard InChI is InChI=1S/C12H22N2OS/c1-10-11(4-6-15-10)9-14(2)12(8-13)5-7-16-3/h4,6,12H,5,7-9,13H2,1-3H3. The third-order valence-electron chi connectivity index (χ3n) is 2.94. The Balaban J connectivity index is 2.49. The van der Waals surface area contributed by atoms with Gasteiger partial charge in [0.05, 0.1) is 6.26 Å². The minimum Gasteiger partial charge on any atom is -0.469 e. The van der Waals surface area contributed by atoms with E-state index in [-0.39, 0.29) is 0 Å². The van der Waals surface area contributed by atoms with Crippen LogP contribution in [-0.2, 0) is 6.54 Å². The molecule has 0 saturated heterocycles. The van der Waals surface area contributed by atoms with E-state index in [2.05, 4.69) is 18.2 Å². The zero-order valence-electron chi connectivity index (χ0n) is 10.4. The highest BCUT2D eigenvalue weighted by Crippen LogP contribution is 2.14. The predicted molar refractivity (Wildman–Crippen MR) is 70.8 cm³/mol. The fraction of sp³-hybridized carbons (Fsp3) is 0.667. The molecule has 0 aromatic carbocycles. The normalized spacial score (nSPS) is 13.3. The average molecular weight is 242 g/mol. The lowest BCUT2D eigenvalue weighted by atomic mass is 10.1. The highest BCUT2D eigenvalue weighted by Gasteiger charge is 2.14. The van der Waals surface area contributed by atoms with Crippen LogP contribution in [0, 0.1) is 6.92 Å². The van der Waals surface area contributed by atoms with Gasteiger partial charge in [0.2, 0.25) is 0 Å². The molecule has 2 N–H and O–H groups in total. The zero-order valence-corrected chi connectivity index (χ0v) is 11.2. The minimum absolute atomic E-state index is 0.460. The van der Waals surface area contributed by atoms with Crippen LogP contribution in [0.5, 0.6) is 0 Å². The first-order valence-corrected chi connectivity index (χ1v) is 7.00. The molecule has 1 heterocycles. The van der Waals surface area contributed by atoms with E-state index in [1.807, 2.05) is 24.8 Å². The molecule has 1 atom stereocenters. The summed E-state index contributed by atoms with van der Waals surface area (Å²) >= 11 is 1.87. The van der Waals surface area contributed by atoms with E-state index in [9.17, 15) is 0 Å². The molecule has 0 aliphatic rings. The second-order valence-electron chi connectivity index (χ2n) is 4.09. The van der Waals surface area contributed by atoms with Crippen LogP contribution in [0.1, 0.15) is 17.7 Å². The van der Waals surface area contributed by atoms with Crippen LogP contribution in [0.2, 0.25) is 0 Å². The average Bonchev–Trinajstić information content (AvgIpc) is 2.65. The van der Waals surface area contributed by atoms with E-state index in [0.717, 1.165) is 24.5 Å². The summed E-state index contributed by atoms with van der Waals surface area (Å²) < 4.78 is 5.30. The Kier molecular flexibility index (Phi) is 5.95. The van der Waals surface area contributed by atoms with Crippen molar-refractivity contribution in [1.82, 2.24) is 4.90 Å². The molecule has 0 bridgehead atoms. The third kappa shape index (κ3) is 3.85. The van der Waals surface area contributed by atoms with Crippen molar-refractivity contribution in [3.8, 4) is 0 Å². The van der Waals surface area contributed by atoms with Gasteiger partial charge >= 0.3 is 0 Å². The van der Waals surface area contributed by atoms with E-state index in [4.69, 9.17) is 10.2 Å². The highest BCUT2D eigenvalue weighted by atomic mass is 32.2. The molecule has 0 aliphatic carbocycles. The lowest BCUT2D eigenvalue weighted by Crippen LogP contribution is -2.37. The maximum atomic E-state index is 5.81. The number of furan rings is 1. The Labute approximate surface area is 102 Å². The van der Waals surface area contributed by atoms with Crippen LogP contribution < -0.4 is 5.73 Å². The molecule has 92 valence electrons. The van der Waals surface area contributed by atoms with Crippen LogP contribution in [0.4, 0.5) is 0 Å². The number of aryl methyl sites for hydroxylation is 1. The first kappa shape index (κ1) is 13.6. The molecule has 3 nitrogen and oxygen atoms in total. The van der Waals surface area contributed by atoms with Gasteiger partial charge in [0.15, 0.2) is 0 Å². The summed E-state index contributed by atoms with van der Waals surface area (Å²) in [6, 6.07) is 2.50. The number of nitrogens with two attached hydrogens (primary N) is 1. The van der Waals surface area contributed by atoms with E-state index in [1.165, 1.54) is 5.56 Å². The number of hydrogen-bond acceptors (Lipinski definition) is 4. The van der Waals surface area contributed by atoms with Crippen molar-refractivity contribution in [3.63, 3.8) is 0 Å². The van der Waals surface area contributed by atoms with Gasteiger partial charge in [-0.3, -0.25) is 4.90 Å². The maximum Gasteiger partial charge on any atom is 0.105 e. The molecule has 0 aliphatic heterocycles. The van der Waals surface area contributed by atoms with Gasteiger partial charge in [-0.1, -0.05) is 0 Å². The number of nitrogens with zero attached hydrogens (tertiary/aromatic N) is 1. The summed E-state index contributed by atoms with van der Waals surface area (Å²) in [7, 11) is 2.13. The SMILES string of the molecule is CSCCC(CN)N(C)Cc1ccoc1C. The monoisotopic (exact) mass is 242 g/mol. The van der Waals surface area contributed by atoms with Crippen molar-refractivity contribution in [2.24, 2.45) is 5.73 Å². The summed E-state index contributed by atoms with van der Waals surface area (Å²) in [5.41, 5.74) is 7.06. The molecule has 0 radical (unpaired) electrons. The summed E-state index contributed by atoms with van der Waals surface area (Å²) in [4.78, 5) is 2.31. The molecular formula is C12H22N2OS. The summed E-state index contributed by atoms with van der Waals surface area (Å²) in [6.45, 7) is 3.63. The number of thioether (sulfide) groups is 1. The van der Waals surface area contributed by atoms with Gasteiger partial charge in [0.1, 0.15) is 5.76 Å². The summed E-state index contributed by atoms with van der Waals surface area (Å²) in [6.07, 6.45) is 5.02. The summed E-state index contributed by atoms with van der Waals surface area (Å²) in [5, 5.41) is 0. The molecule has 0 saturated carbocycles. The fourth-order valence-electron chi connectivity index (χ4n) is 1.75. The quantitative estimate of drug-likeness (QED) is 0.795. The first-order chi connectivity index (χ1) is 7.69. The van der Waals surface area contributed by atoms with Crippen molar-refractivity contribution >= 4 is 11.8 Å². The van der Waals surface area contributed by atoms with Crippen LogP contribution in [0.15, 0.2) is 16.7 Å².